The summed E-state index contributed by atoms with van der Waals surface area (Å²) >= 11 is 5.80. The summed E-state index contributed by atoms with van der Waals surface area (Å²) in [6, 6.07) is 15.1. The lowest BCUT2D eigenvalue weighted by molar-refractivity contribution is 0.0960. The van der Waals surface area contributed by atoms with Gasteiger partial charge in [-0.15, -0.1) is 0 Å². The van der Waals surface area contributed by atoms with Crippen molar-refractivity contribution in [3.63, 3.8) is 0 Å². The molecule has 0 heterocycles. The molecular formula is C21H20ClN3O6S2. The van der Waals surface area contributed by atoms with Gasteiger partial charge in [0.2, 0.25) is 0 Å². The van der Waals surface area contributed by atoms with Gasteiger partial charge >= 0.3 is 0 Å². The van der Waals surface area contributed by atoms with Crippen molar-refractivity contribution in [3.8, 4) is 5.75 Å². The second-order valence-corrected chi connectivity index (χ2v) is 10.5. The number of benzene rings is 3. The second-order valence-electron chi connectivity index (χ2n) is 6.68. The van der Waals surface area contributed by atoms with E-state index in [9.17, 15) is 21.6 Å². The maximum Gasteiger partial charge on any atom is 0.261 e. The number of hydrogen-bond acceptors (Lipinski definition) is 6. The molecule has 3 aromatic carbocycles. The van der Waals surface area contributed by atoms with Crippen molar-refractivity contribution < 1.29 is 26.4 Å². The van der Waals surface area contributed by atoms with Crippen molar-refractivity contribution in [2.45, 2.75) is 9.79 Å². The lowest BCUT2D eigenvalue weighted by Gasteiger charge is -2.12. The van der Waals surface area contributed by atoms with E-state index in [4.69, 9.17) is 16.3 Å². The smallest absolute Gasteiger partial charge is 0.261 e. The number of rotatable bonds is 8. The first-order chi connectivity index (χ1) is 15.6. The average Bonchev–Trinajstić information content (AvgIpc) is 2.79. The van der Waals surface area contributed by atoms with E-state index in [0.717, 1.165) is 0 Å². The predicted octanol–water partition coefficient (Wildman–Crippen LogP) is 3.31. The number of ether oxygens (including phenoxy) is 1. The van der Waals surface area contributed by atoms with Crippen molar-refractivity contribution in [3.05, 3.63) is 77.3 Å². The van der Waals surface area contributed by atoms with E-state index < -0.39 is 26.0 Å². The van der Waals surface area contributed by atoms with Crippen LogP contribution in [0.15, 0.2) is 76.5 Å². The van der Waals surface area contributed by atoms with Crippen molar-refractivity contribution in [2.75, 3.05) is 23.6 Å². The highest BCUT2D eigenvalue weighted by atomic mass is 35.5. The third kappa shape index (κ3) is 5.75. The quantitative estimate of drug-likeness (QED) is 0.427. The zero-order valence-corrected chi connectivity index (χ0v) is 19.9. The average molecular weight is 510 g/mol. The molecule has 9 nitrogen and oxygen atoms in total. The molecule has 0 fully saturated rings. The fraction of sp³-hybridized carbons (Fsp3) is 0.0952. The molecule has 33 heavy (non-hydrogen) atoms. The van der Waals surface area contributed by atoms with Gasteiger partial charge in [-0.25, -0.2) is 16.8 Å². The molecule has 0 aliphatic heterocycles. The molecule has 0 aliphatic carbocycles. The van der Waals surface area contributed by atoms with Gasteiger partial charge in [-0.05, 0) is 66.7 Å². The Morgan fingerprint density at radius 3 is 1.79 bits per heavy atom. The first kappa shape index (κ1) is 24.4. The highest BCUT2D eigenvalue weighted by molar-refractivity contribution is 7.93. The minimum absolute atomic E-state index is 0.0533. The summed E-state index contributed by atoms with van der Waals surface area (Å²) in [5, 5.41) is 2.89. The van der Waals surface area contributed by atoms with Crippen LogP contribution in [0, 0.1) is 0 Å². The summed E-state index contributed by atoms with van der Waals surface area (Å²) in [5.41, 5.74) is 0.519. The van der Waals surface area contributed by atoms with Gasteiger partial charge in [0.25, 0.3) is 26.0 Å². The van der Waals surface area contributed by atoms with Crippen molar-refractivity contribution in [1.82, 2.24) is 5.32 Å². The lowest BCUT2D eigenvalue weighted by atomic mass is 10.2. The van der Waals surface area contributed by atoms with E-state index >= 15 is 0 Å². The third-order valence-corrected chi connectivity index (χ3v) is 7.49. The van der Waals surface area contributed by atoms with E-state index in [1.54, 1.807) is 12.1 Å². The van der Waals surface area contributed by atoms with Gasteiger partial charge in [0.05, 0.1) is 22.5 Å². The molecule has 0 saturated heterocycles. The predicted molar refractivity (Wildman–Crippen MR) is 126 cm³/mol. The topological polar surface area (TPSA) is 131 Å². The SMILES string of the molecule is CNC(=O)c1cc(S(=O)(=O)Nc2ccc(S(=O)(=O)Nc3ccc(Cl)cc3)cc2)ccc1OC. The van der Waals surface area contributed by atoms with E-state index in [1.807, 2.05) is 0 Å². The van der Waals surface area contributed by atoms with Crippen LogP contribution in [0.25, 0.3) is 0 Å². The fourth-order valence-electron chi connectivity index (χ4n) is 2.81. The fourth-order valence-corrected chi connectivity index (χ4v) is 5.08. The van der Waals surface area contributed by atoms with E-state index in [2.05, 4.69) is 14.8 Å². The first-order valence-corrected chi connectivity index (χ1v) is 12.7. The molecule has 0 aliphatic rings. The Labute approximate surface area is 196 Å². The van der Waals surface area contributed by atoms with Gasteiger partial charge in [-0.2, -0.15) is 0 Å². The van der Waals surface area contributed by atoms with Gasteiger partial charge in [0.1, 0.15) is 5.75 Å². The van der Waals surface area contributed by atoms with Crippen LogP contribution in [0.5, 0.6) is 5.75 Å². The summed E-state index contributed by atoms with van der Waals surface area (Å²) in [6.07, 6.45) is 0. The molecule has 0 saturated carbocycles. The highest BCUT2D eigenvalue weighted by Crippen LogP contribution is 2.25. The summed E-state index contributed by atoms with van der Waals surface area (Å²) in [4.78, 5) is 11.8. The summed E-state index contributed by atoms with van der Waals surface area (Å²) in [6.45, 7) is 0. The van der Waals surface area contributed by atoms with Gasteiger partial charge in [0, 0.05) is 23.4 Å². The van der Waals surface area contributed by atoms with Crippen LogP contribution in [0.3, 0.4) is 0 Å². The molecule has 3 rings (SSSR count). The van der Waals surface area contributed by atoms with Crippen LogP contribution < -0.4 is 19.5 Å². The van der Waals surface area contributed by atoms with Gasteiger partial charge in [0.15, 0.2) is 0 Å². The molecule has 0 unspecified atom stereocenters. The number of amides is 1. The number of methoxy groups -OCH3 is 1. The number of carbonyl (C=O) groups is 1. The normalized spacial score (nSPS) is 11.5. The van der Waals surface area contributed by atoms with Gasteiger partial charge in [-0.1, -0.05) is 11.6 Å². The van der Waals surface area contributed by atoms with Crippen molar-refractivity contribution in [2.24, 2.45) is 0 Å². The summed E-state index contributed by atoms with van der Waals surface area (Å²) < 4.78 is 60.6. The lowest BCUT2D eigenvalue weighted by Crippen LogP contribution is -2.20. The Balaban J connectivity index is 1.81. The molecule has 1 amide bonds. The first-order valence-electron chi connectivity index (χ1n) is 9.37. The number of nitrogens with one attached hydrogen (secondary N) is 3. The Kier molecular flexibility index (Phi) is 7.15. The second kappa shape index (κ2) is 9.69. The van der Waals surface area contributed by atoms with Crippen molar-refractivity contribution >= 4 is 48.9 Å². The number of hydrogen-bond donors (Lipinski definition) is 3. The van der Waals surface area contributed by atoms with Crippen molar-refractivity contribution in [1.29, 1.82) is 0 Å². The number of sulfonamides is 2. The molecule has 0 radical (unpaired) electrons. The highest BCUT2D eigenvalue weighted by Gasteiger charge is 2.20. The molecule has 174 valence electrons. The molecular weight excluding hydrogens is 490 g/mol. The minimum atomic E-state index is -4.07. The van der Waals surface area contributed by atoms with E-state index in [0.29, 0.717) is 10.7 Å². The summed E-state index contributed by atoms with van der Waals surface area (Å²) in [5.74, 6) is -0.289. The molecule has 3 N–H and O–H groups in total. The minimum Gasteiger partial charge on any atom is -0.496 e. The van der Waals surface area contributed by atoms with E-state index in [1.165, 1.54) is 68.8 Å². The molecule has 0 bridgehead atoms. The van der Waals surface area contributed by atoms with Crippen LogP contribution >= 0.6 is 11.6 Å². The van der Waals surface area contributed by atoms with Crippen LogP contribution in [-0.4, -0.2) is 36.9 Å². The Morgan fingerprint density at radius 2 is 1.27 bits per heavy atom. The number of anilines is 2. The zero-order valence-electron chi connectivity index (χ0n) is 17.5. The maximum absolute atomic E-state index is 12.8. The van der Waals surface area contributed by atoms with Crippen LogP contribution in [0.2, 0.25) is 5.02 Å². The van der Waals surface area contributed by atoms with Gasteiger partial charge < -0.3 is 10.1 Å². The zero-order chi connectivity index (χ0) is 24.2. The van der Waals surface area contributed by atoms with Crippen LogP contribution in [0.4, 0.5) is 11.4 Å². The Bertz CT molecular complexity index is 1370. The van der Waals surface area contributed by atoms with Crippen LogP contribution in [-0.2, 0) is 20.0 Å². The molecule has 0 atom stereocenters. The Morgan fingerprint density at radius 1 is 0.788 bits per heavy atom. The van der Waals surface area contributed by atoms with E-state index in [-0.39, 0.29) is 26.8 Å². The molecule has 0 aromatic heterocycles. The summed E-state index contributed by atoms with van der Waals surface area (Å²) in [7, 11) is -5.18. The number of carbonyl (C=O) groups excluding carboxylic acids is 1. The maximum atomic E-state index is 12.8. The molecule has 12 heteroatoms. The largest absolute Gasteiger partial charge is 0.496 e. The molecule has 0 spiro atoms. The molecule has 3 aromatic rings. The third-order valence-electron chi connectivity index (χ3n) is 4.47. The number of halogens is 1. The van der Waals surface area contributed by atoms with Crippen LogP contribution in [0.1, 0.15) is 10.4 Å². The van der Waals surface area contributed by atoms with Gasteiger partial charge in [-0.3, -0.25) is 14.2 Å². The standard InChI is InChI=1S/C21H20ClN3O6S2/c1-23-21(26)19-13-18(11-12-20(19)31-2)33(29,30)25-16-7-9-17(10-8-16)32(27,28)24-15-5-3-14(22)4-6-15/h3-13,24-25H,1-2H3,(H,23,26). The monoisotopic (exact) mass is 509 g/mol. The Hall–Kier alpha value is -3.28.